The quantitative estimate of drug-likeness (QED) is 0.780. The molecule has 1 atom stereocenters. The zero-order valence-electron chi connectivity index (χ0n) is 12.5. The van der Waals surface area contributed by atoms with E-state index >= 15 is 0 Å². The predicted octanol–water partition coefficient (Wildman–Crippen LogP) is 0.868. The number of carbonyl (C=O) groups is 1. The first kappa shape index (κ1) is 15.9. The maximum atomic E-state index is 11.7. The zero-order chi connectivity index (χ0) is 15.4. The monoisotopic (exact) mass is 315 g/mol. The fourth-order valence-electron chi connectivity index (χ4n) is 2.19. The number of methoxy groups -OCH3 is 2. The lowest BCUT2D eigenvalue weighted by Crippen LogP contribution is -2.43. The molecule has 0 amide bonds. The van der Waals surface area contributed by atoms with Crippen LogP contribution in [0.25, 0.3) is 0 Å². The minimum absolute atomic E-state index is 0.0957. The first-order chi connectivity index (χ1) is 10.1. The van der Waals surface area contributed by atoms with E-state index in [2.05, 4.69) is 17.3 Å². The van der Waals surface area contributed by atoms with Gasteiger partial charge in [-0.25, -0.2) is 4.79 Å². The van der Waals surface area contributed by atoms with Crippen LogP contribution < -0.4 is 15.8 Å². The molecule has 0 spiro atoms. The Balaban J connectivity index is 2.07. The summed E-state index contributed by atoms with van der Waals surface area (Å²) in [6.45, 7) is 3.15. The summed E-state index contributed by atoms with van der Waals surface area (Å²) in [5.41, 5.74) is 6.23. The molecule has 2 heterocycles. The second-order valence-corrected chi connectivity index (χ2v) is 5.86. The van der Waals surface area contributed by atoms with Gasteiger partial charge < -0.3 is 30.2 Å². The first-order valence-electron chi connectivity index (χ1n) is 6.65. The van der Waals surface area contributed by atoms with Crippen molar-refractivity contribution >= 4 is 28.0 Å². The van der Waals surface area contributed by atoms with Gasteiger partial charge in [0.25, 0.3) is 0 Å². The number of hydrogen-bond donors (Lipinski definition) is 2. The molecule has 8 heteroatoms. The third-order valence-electron chi connectivity index (χ3n) is 3.31. The van der Waals surface area contributed by atoms with Gasteiger partial charge >= 0.3 is 5.97 Å². The van der Waals surface area contributed by atoms with Crippen LogP contribution in [-0.2, 0) is 9.47 Å². The number of ether oxygens (including phenoxy) is 3. The Kier molecular flexibility index (Phi) is 5.27. The van der Waals surface area contributed by atoms with Crippen LogP contribution in [0.4, 0.5) is 10.7 Å². The van der Waals surface area contributed by atoms with Crippen LogP contribution in [-0.4, -0.2) is 64.5 Å². The van der Waals surface area contributed by atoms with E-state index in [1.807, 2.05) is 0 Å². The van der Waals surface area contributed by atoms with E-state index in [-0.39, 0.29) is 6.10 Å². The number of esters is 1. The van der Waals surface area contributed by atoms with Crippen molar-refractivity contribution in [3.05, 3.63) is 4.88 Å². The number of rotatable bonds is 5. The molecular weight excluding hydrogens is 294 g/mol. The lowest BCUT2D eigenvalue weighted by Gasteiger charge is -2.30. The van der Waals surface area contributed by atoms with Crippen LogP contribution >= 0.6 is 11.3 Å². The third-order valence-corrected chi connectivity index (χ3v) is 4.43. The van der Waals surface area contributed by atoms with Gasteiger partial charge in [-0.3, -0.25) is 0 Å². The summed E-state index contributed by atoms with van der Waals surface area (Å²) in [6, 6.07) is 0. The Morgan fingerprint density at radius 2 is 2.33 bits per heavy atom. The number of thiophene rings is 1. The van der Waals surface area contributed by atoms with E-state index in [0.29, 0.717) is 27.9 Å². The fraction of sp³-hybridized carbons (Fsp3) is 0.615. The molecule has 1 aliphatic heterocycles. The fourth-order valence-corrected chi connectivity index (χ4v) is 3.20. The van der Waals surface area contributed by atoms with Crippen molar-refractivity contribution in [2.45, 2.75) is 6.10 Å². The summed E-state index contributed by atoms with van der Waals surface area (Å²) < 4.78 is 15.7. The molecule has 1 saturated heterocycles. The van der Waals surface area contributed by atoms with Gasteiger partial charge in [-0.05, 0) is 7.05 Å². The number of nitrogens with zero attached hydrogens (tertiary/aromatic N) is 1. The molecule has 0 aliphatic carbocycles. The maximum absolute atomic E-state index is 11.7. The van der Waals surface area contributed by atoms with E-state index in [4.69, 9.17) is 19.9 Å². The molecule has 1 fully saturated rings. The molecule has 2 rings (SSSR count). The van der Waals surface area contributed by atoms with Crippen LogP contribution in [0.2, 0.25) is 0 Å². The number of nitrogens with two attached hydrogens (primary N) is 1. The Morgan fingerprint density at radius 1 is 1.57 bits per heavy atom. The van der Waals surface area contributed by atoms with Crippen LogP contribution in [0.15, 0.2) is 0 Å². The number of hydrogen-bond acceptors (Lipinski definition) is 8. The van der Waals surface area contributed by atoms with Crippen molar-refractivity contribution in [3.8, 4) is 5.75 Å². The van der Waals surface area contributed by atoms with Gasteiger partial charge in [0.2, 0.25) is 0 Å². The summed E-state index contributed by atoms with van der Waals surface area (Å²) in [5, 5.41) is 3.96. The molecule has 21 heavy (non-hydrogen) atoms. The van der Waals surface area contributed by atoms with Crippen molar-refractivity contribution in [1.29, 1.82) is 0 Å². The average Bonchev–Trinajstić information content (AvgIpc) is 2.80. The van der Waals surface area contributed by atoms with Gasteiger partial charge in [-0.15, -0.1) is 11.3 Å². The first-order valence-corrected chi connectivity index (χ1v) is 7.47. The highest BCUT2D eigenvalue weighted by molar-refractivity contribution is 7.19. The largest absolute Gasteiger partial charge is 0.492 e. The Labute approximate surface area is 128 Å². The third kappa shape index (κ3) is 3.58. The van der Waals surface area contributed by atoms with E-state index < -0.39 is 5.97 Å². The van der Waals surface area contributed by atoms with Gasteiger partial charge in [0.1, 0.15) is 15.6 Å². The molecule has 118 valence electrons. The number of likely N-dealkylation sites (N-methyl/N-ethyl adjacent to an activating group) is 1. The van der Waals surface area contributed by atoms with Crippen molar-refractivity contribution < 1.29 is 19.0 Å². The molecule has 1 aromatic rings. The molecule has 0 radical (unpaired) electrons. The van der Waals surface area contributed by atoms with Gasteiger partial charge in [-0.1, -0.05) is 0 Å². The number of morpholine rings is 1. The van der Waals surface area contributed by atoms with Crippen LogP contribution in [0.3, 0.4) is 0 Å². The number of nitrogen functional groups attached to an aromatic ring is 1. The molecule has 0 bridgehead atoms. The SMILES string of the molecule is COC(=O)c1sc(NCC2CN(C)CCO2)c(OC)c1N. The summed E-state index contributed by atoms with van der Waals surface area (Å²) in [5.74, 6) is 0.0158. The molecule has 1 aliphatic rings. The topological polar surface area (TPSA) is 86.0 Å². The number of carbonyl (C=O) groups excluding carboxylic acids is 1. The average molecular weight is 315 g/mol. The molecule has 3 N–H and O–H groups in total. The molecule has 1 unspecified atom stereocenters. The van der Waals surface area contributed by atoms with Crippen LogP contribution in [0.5, 0.6) is 5.75 Å². The summed E-state index contributed by atoms with van der Waals surface area (Å²) in [4.78, 5) is 14.2. The van der Waals surface area contributed by atoms with Crippen molar-refractivity contribution in [2.24, 2.45) is 0 Å². The highest BCUT2D eigenvalue weighted by atomic mass is 32.1. The Hall–Kier alpha value is -1.51. The zero-order valence-corrected chi connectivity index (χ0v) is 13.3. The minimum atomic E-state index is -0.461. The molecule has 7 nitrogen and oxygen atoms in total. The van der Waals surface area contributed by atoms with Crippen LogP contribution in [0, 0.1) is 0 Å². The predicted molar refractivity (Wildman–Crippen MR) is 82.3 cm³/mol. The van der Waals surface area contributed by atoms with E-state index in [1.165, 1.54) is 25.6 Å². The summed E-state index contributed by atoms with van der Waals surface area (Å²) >= 11 is 1.23. The second kappa shape index (κ2) is 6.97. The smallest absolute Gasteiger partial charge is 0.350 e. The molecule has 0 saturated carbocycles. The normalized spacial score (nSPS) is 19.3. The standard InChI is InChI=1S/C13H21N3O4S/c1-16-4-5-20-8(7-16)6-15-12-10(18-2)9(14)11(21-12)13(17)19-3/h8,15H,4-7,14H2,1-3H3. The number of nitrogens with one attached hydrogen (secondary N) is 1. The summed E-state index contributed by atoms with van der Waals surface area (Å²) in [7, 11) is 4.91. The lowest BCUT2D eigenvalue weighted by molar-refractivity contribution is -0.0117. The minimum Gasteiger partial charge on any atom is -0.492 e. The van der Waals surface area contributed by atoms with Crippen molar-refractivity contribution in [2.75, 3.05) is 58.6 Å². The van der Waals surface area contributed by atoms with E-state index in [1.54, 1.807) is 0 Å². The van der Waals surface area contributed by atoms with Crippen molar-refractivity contribution in [1.82, 2.24) is 4.90 Å². The molecular formula is C13H21N3O4S. The Bertz CT molecular complexity index is 506. The van der Waals surface area contributed by atoms with Crippen LogP contribution in [0.1, 0.15) is 9.67 Å². The Morgan fingerprint density at radius 3 is 2.95 bits per heavy atom. The highest BCUT2D eigenvalue weighted by Crippen LogP contribution is 2.42. The number of anilines is 2. The lowest BCUT2D eigenvalue weighted by atomic mass is 10.3. The van der Waals surface area contributed by atoms with Gasteiger partial charge in [0, 0.05) is 19.6 Å². The molecule has 0 aromatic carbocycles. The van der Waals surface area contributed by atoms with Gasteiger partial charge in [0.05, 0.1) is 26.9 Å². The van der Waals surface area contributed by atoms with E-state index in [0.717, 1.165) is 19.7 Å². The van der Waals surface area contributed by atoms with Gasteiger partial charge in [0.15, 0.2) is 5.75 Å². The summed E-state index contributed by atoms with van der Waals surface area (Å²) in [6.07, 6.45) is 0.0957. The van der Waals surface area contributed by atoms with Crippen molar-refractivity contribution in [3.63, 3.8) is 0 Å². The van der Waals surface area contributed by atoms with Gasteiger partial charge in [-0.2, -0.15) is 0 Å². The molecule has 1 aromatic heterocycles. The van der Waals surface area contributed by atoms with E-state index in [9.17, 15) is 4.79 Å². The second-order valence-electron chi connectivity index (χ2n) is 4.83. The highest BCUT2D eigenvalue weighted by Gasteiger charge is 2.24. The maximum Gasteiger partial charge on any atom is 0.350 e.